The van der Waals surface area contributed by atoms with Gasteiger partial charge in [-0.1, -0.05) is 6.07 Å². The molecular weight excluding hydrogens is 281 g/mol. The molecule has 21 heavy (non-hydrogen) atoms. The van der Waals surface area contributed by atoms with Crippen molar-refractivity contribution in [3.8, 4) is 6.07 Å². The van der Waals surface area contributed by atoms with E-state index < -0.39 is 11.9 Å². The van der Waals surface area contributed by atoms with E-state index in [9.17, 15) is 13.2 Å². The maximum Gasteiger partial charge on any atom is 0.433 e. The van der Waals surface area contributed by atoms with E-state index in [1.807, 2.05) is 18.2 Å². The van der Waals surface area contributed by atoms with Crippen LogP contribution >= 0.6 is 0 Å². The molecule has 108 valence electrons. The second-order valence-corrected chi connectivity index (χ2v) is 4.20. The molecule has 0 aliphatic carbocycles. The van der Waals surface area contributed by atoms with Gasteiger partial charge in [-0.05, 0) is 24.3 Å². The fraction of sp³-hybridized carbons (Fsp3) is 0.214. The van der Waals surface area contributed by atoms with Gasteiger partial charge in [0.2, 0.25) is 0 Å². The number of nitrogens with zero attached hydrogens (tertiary/aromatic N) is 3. The Balaban J connectivity index is 2.10. The molecule has 7 heteroatoms. The third-order valence-electron chi connectivity index (χ3n) is 2.71. The molecule has 2 rings (SSSR count). The van der Waals surface area contributed by atoms with Crippen molar-refractivity contribution in [3.05, 3.63) is 53.5 Å². The first-order chi connectivity index (χ1) is 10.0. The smallest absolute Gasteiger partial charge is 0.369 e. The lowest BCUT2D eigenvalue weighted by atomic mass is 10.2. The number of nitriles is 1. The van der Waals surface area contributed by atoms with Crippen LogP contribution in [0.1, 0.15) is 17.0 Å². The number of rotatable bonds is 4. The van der Waals surface area contributed by atoms with Crippen molar-refractivity contribution in [1.29, 1.82) is 5.26 Å². The van der Waals surface area contributed by atoms with Gasteiger partial charge in [-0.25, -0.2) is 4.98 Å². The summed E-state index contributed by atoms with van der Waals surface area (Å²) in [6.07, 6.45) is -2.38. The minimum atomic E-state index is -4.54. The molecule has 0 aliphatic rings. The minimum Gasteiger partial charge on any atom is -0.369 e. The van der Waals surface area contributed by atoms with Crippen molar-refractivity contribution in [2.45, 2.75) is 12.6 Å². The van der Waals surface area contributed by atoms with Gasteiger partial charge < -0.3 is 5.32 Å². The van der Waals surface area contributed by atoms with Crippen LogP contribution < -0.4 is 5.32 Å². The zero-order chi connectivity index (χ0) is 15.3. The van der Waals surface area contributed by atoms with Gasteiger partial charge in [0, 0.05) is 24.9 Å². The molecule has 0 bridgehead atoms. The number of alkyl halides is 3. The van der Waals surface area contributed by atoms with Crippen LogP contribution in [0.15, 0.2) is 36.5 Å². The number of hydrogen-bond acceptors (Lipinski definition) is 4. The quantitative estimate of drug-likeness (QED) is 0.941. The van der Waals surface area contributed by atoms with Crippen LogP contribution in [-0.2, 0) is 12.6 Å². The van der Waals surface area contributed by atoms with E-state index in [4.69, 9.17) is 5.26 Å². The molecule has 0 amide bonds. The van der Waals surface area contributed by atoms with E-state index in [0.29, 0.717) is 13.0 Å². The third kappa shape index (κ3) is 3.92. The third-order valence-corrected chi connectivity index (χ3v) is 2.71. The predicted octanol–water partition coefficient (Wildman–Crippen LogP) is 3.02. The Morgan fingerprint density at radius 2 is 2.00 bits per heavy atom. The molecule has 0 radical (unpaired) electrons. The standard InChI is InChI=1S/C14H11F3N4/c15-14(16,17)12-5-4-10(9-18)13(21-12)20-8-6-11-3-1-2-7-19-11/h1-5,7H,6,8H2,(H,20,21). The maximum absolute atomic E-state index is 12.6. The molecule has 0 saturated heterocycles. The number of halogens is 3. The average molecular weight is 292 g/mol. The Morgan fingerprint density at radius 3 is 2.62 bits per heavy atom. The molecule has 2 aromatic rings. The predicted molar refractivity (Wildman–Crippen MR) is 70.4 cm³/mol. The fourth-order valence-electron chi connectivity index (χ4n) is 1.70. The Labute approximate surface area is 119 Å². The lowest BCUT2D eigenvalue weighted by molar-refractivity contribution is -0.141. The monoisotopic (exact) mass is 292 g/mol. The summed E-state index contributed by atoms with van der Waals surface area (Å²) < 4.78 is 37.8. The minimum absolute atomic E-state index is 0.0664. The summed E-state index contributed by atoms with van der Waals surface area (Å²) in [6.45, 7) is 0.333. The highest BCUT2D eigenvalue weighted by atomic mass is 19.4. The second kappa shape index (κ2) is 6.22. The van der Waals surface area contributed by atoms with Crippen LogP contribution in [-0.4, -0.2) is 16.5 Å². The zero-order valence-corrected chi connectivity index (χ0v) is 10.9. The van der Waals surface area contributed by atoms with Crippen LogP contribution in [0.4, 0.5) is 19.0 Å². The van der Waals surface area contributed by atoms with E-state index in [1.54, 1.807) is 12.3 Å². The first-order valence-corrected chi connectivity index (χ1v) is 6.13. The van der Waals surface area contributed by atoms with Crippen LogP contribution in [0.25, 0.3) is 0 Å². The highest BCUT2D eigenvalue weighted by molar-refractivity contribution is 5.52. The molecule has 2 aromatic heterocycles. The molecule has 0 fully saturated rings. The lowest BCUT2D eigenvalue weighted by Crippen LogP contribution is -2.13. The van der Waals surface area contributed by atoms with Crippen molar-refractivity contribution >= 4 is 5.82 Å². The van der Waals surface area contributed by atoms with Gasteiger partial charge in [0.1, 0.15) is 17.6 Å². The topological polar surface area (TPSA) is 61.6 Å². The summed E-state index contributed by atoms with van der Waals surface area (Å²) in [4.78, 5) is 7.57. The Bertz CT molecular complexity index is 648. The number of aromatic nitrogens is 2. The van der Waals surface area contributed by atoms with Gasteiger partial charge in [-0.15, -0.1) is 0 Å². The summed E-state index contributed by atoms with van der Waals surface area (Å²) in [5.74, 6) is -0.0664. The fourth-order valence-corrected chi connectivity index (χ4v) is 1.70. The van der Waals surface area contributed by atoms with Crippen molar-refractivity contribution in [3.63, 3.8) is 0 Å². The van der Waals surface area contributed by atoms with E-state index in [-0.39, 0.29) is 11.4 Å². The molecule has 1 N–H and O–H groups in total. The molecule has 0 unspecified atom stereocenters. The highest BCUT2D eigenvalue weighted by Crippen LogP contribution is 2.29. The average Bonchev–Trinajstić information content (AvgIpc) is 2.47. The zero-order valence-electron chi connectivity index (χ0n) is 10.9. The van der Waals surface area contributed by atoms with E-state index in [0.717, 1.165) is 17.8 Å². The molecule has 0 atom stereocenters. The second-order valence-electron chi connectivity index (χ2n) is 4.20. The summed E-state index contributed by atoms with van der Waals surface area (Å²) in [5, 5.41) is 11.7. The van der Waals surface area contributed by atoms with Crippen LogP contribution in [0.3, 0.4) is 0 Å². The molecule has 2 heterocycles. The van der Waals surface area contributed by atoms with E-state index in [2.05, 4.69) is 15.3 Å². The van der Waals surface area contributed by atoms with E-state index in [1.165, 1.54) is 0 Å². The summed E-state index contributed by atoms with van der Waals surface area (Å²) in [6, 6.07) is 9.13. The highest BCUT2D eigenvalue weighted by Gasteiger charge is 2.33. The molecule has 0 aliphatic heterocycles. The van der Waals surface area contributed by atoms with Gasteiger partial charge in [0.15, 0.2) is 0 Å². The molecule has 0 saturated carbocycles. The van der Waals surface area contributed by atoms with Crippen molar-refractivity contribution < 1.29 is 13.2 Å². The van der Waals surface area contributed by atoms with Gasteiger partial charge in [0.05, 0.1) is 5.56 Å². The largest absolute Gasteiger partial charge is 0.433 e. The molecule has 0 spiro atoms. The maximum atomic E-state index is 12.6. The molecule has 0 aromatic carbocycles. The first kappa shape index (κ1) is 14.8. The molecule has 4 nitrogen and oxygen atoms in total. The number of anilines is 1. The normalized spacial score (nSPS) is 11.0. The van der Waals surface area contributed by atoms with Gasteiger partial charge in [-0.2, -0.15) is 18.4 Å². The summed E-state index contributed by atoms with van der Waals surface area (Å²) in [5.41, 5.74) is -0.152. The first-order valence-electron chi connectivity index (χ1n) is 6.13. The number of nitrogens with one attached hydrogen (secondary N) is 1. The van der Waals surface area contributed by atoms with Crippen molar-refractivity contribution in [2.75, 3.05) is 11.9 Å². The Kier molecular flexibility index (Phi) is 4.38. The number of hydrogen-bond donors (Lipinski definition) is 1. The summed E-state index contributed by atoms with van der Waals surface area (Å²) >= 11 is 0. The van der Waals surface area contributed by atoms with Crippen molar-refractivity contribution in [1.82, 2.24) is 9.97 Å². The van der Waals surface area contributed by atoms with Crippen molar-refractivity contribution in [2.24, 2.45) is 0 Å². The van der Waals surface area contributed by atoms with Gasteiger partial charge in [-0.3, -0.25) is 4.98 Å². The molecular formula is C14H11F3N4. The van der Waals surface area contributed by atoms with Crippen LogP contribution in [0.5, 0.6) is 0 Å². The lowest BCUT2D eigenvalue weighted by Gasteiger charge is -2.11. The SMILES string of the molecule is N#Cc1ccc(C(F)(F)F)nc1NCCc1ccccn1. The van der Waals surface area contributed by atoms with Crippen LogP contribution in [0, 0.1) is 11.3 Å². The van der Waals surface area contributed by atoms with E-state index >= 15 is 0 Å². The number of pyridine rings is 2. The van der Waals surface area contributed by atoms with Gasteiger partial charge >= 0.3 is 6.18 Å². The van der Waals surface area contributed by atoms with Crippen LogP contribution in [0.2, 0.25) is 0 Å². The van der Waals surface area contributed by atoms with Gasteiger partial charge in [0.25, 0.3) is 0 Å². The summed E-state index contributed by atoms with van der Waals surface area (Å²) in [7, 11) is 0. The Morgan fingerprint density at radius 1 is 1.19 bits per heavy atom. The Hall–Kier alpha value is -2.62.